The summed E-state index contributed by atoms with van der Waals surface area (Å²) in [5.41, 5.74) is 2.63. The number of nitrogens with zero attached hydrogens (tertiary/aromatic N) is 4. The number of pyridine rings is 1. The third kappa shape index (κ3) is 6.19. The minimum Gasteiger partial charge on any atom is -0.465 e. The van der Waals surface area contributed by atoms with E-state index in [-0.39, 0.29) is 11.3 Å². The fourth-order valence-electron chi connectivity index (χ4n) is 5.89. The summed E-state index contributed by atoms with van der Waals surface area (Å²) in [6, 6.07) is 14.7. The molecule has 12 heteroatoms. The Labute approximate surface area is 250 Å². The van der Waals surface area contributed by atoms with Crippen molar-refractivity contribution in [1.29, 1.82) is 0 Å². The number of amides is 1. The van der Waals surface area contributed by atoms with Gasteiger partial charge in [0.2, 0.25) is 21.9 Å². The Hall–Kier alpha value is -4.45. The van der Waals surface area contributed by atoms with Gasteiger partial charge in [-0.05, 0) is 62.4 Å². The fourth-order valence-corrected chi connectivity index (χ4v) is 7.50. The van der Waals surface area contributed by atoms with Crippen molar-refractivity contribution in [3.8, 4) is 22.9 Å². The van der Waals surface area contributed by atoms with E-state index in [9.17, 15) is 18.3 Å². The number of aromatic nitrogens is 3. The molecule has 2 aromatic carbocycles. The molecule has 3 heterocycles. The molecule has 0 spiro atoms. The number of aryl methyl sites for hydroxylation is 1. The molecule has 2 aliphatic rings. The monoisotopic (exact) mass is 602 g/mol. The molecule has 2 aromatic heterocycles. The van der Waals surface area contributed by atoms with Crippen LogP contribution in [0.3, 0.4) is 0 Å². The molecule has 4 aromatic rings. The molecular weight excluding hydrogens is 568 g/mol. The number of carbonyl (C=O) groups is 1. The van der Waals surface area contributed by atoms with Gasteiger partial charge in [-0.25, -0.2) is 28.2 Å². The number of benzene rings is 2. The molecule has 1 saturated heterocycles. The number of hydrogen-bond acceptors (Lipinski definition) is 8. The predicted molar refractivity (Wildman–Crippen MR) is 165 cm³/mol. The molecule has 0 bridgehead atoms. The van der Waals surface area contributed by atoms with Crippen LogP contribution in [0.4, 0.5) is 16.4 Å². The number of anilines is 2. The number of ether oxygens (including phenoxy) is 1. The molecule has 43 heavy (non-hydrogen) atoms. The molecule has 6 rings (SSSR count). The maximum atomic E-state index is 13.1. The molecule has 1 saturated carbocycles. The Bertz CT molecular complexity index is 1760. The maximum absolute atomic E-state index is 13.1. The van der Waals surface area contributed by atoms with Gasteiger partial charge in [-0.3, -0.25) is 4.72 Å². The smallest absolute Gasteiger partial charge is 0.407 e. The van der Waals surface area contributed by atoms with Gasteiger partial charge < -0.3 is 20.1 Å². The standard InChI is InChI=1S/C31H34N6O5S/c1-20-13-14-23-24(10-4-12-27(23)36-43(40,41)22-8-2-3-9-22)28(20)42-29-25(11-5-16-32-29)26-15-17-33-30(35-26)34-21-7-6-18-37(19-21)31(38)39/h4-5,10-17,21-22,36H,2-3,6-9,18-19H2,1H3,(H,38,39)(H,33,34,35)/t21-/m0/s1. The second-order valence-corrected chi connectivity index (χ2v) is 13.1. The van der Waals surface area contributed by atoms with Gasteiger partial charge in [0.15, 0.2) is 0 Å². The molecule has 0 radical (unpaired) electrons. The van der Waals surface area contributed by atoms with E-state index in [0.717, 1.165) is 42.0 Å². The van der Waals surface area contributed by atoms with Gasteiger partial charge in [0, 0.05) is 42.3 Å². The number of carboxylic acid groups (broad SMARTS) is 1. The SMILES string of the molecule is Cc1ccc2c(NS(=O)(=O)C3CCCC3)cccc2c1Oc1ncccc1-c1ccnc(N[C@H]2CCCN(C(=O)O)C2)n1. The molecule has 224 valence electrons. The highest BCUT2D eigenvalue weighted by molar-refractivity contribution is 7.93. The van der Waals surface area contributed by atoms with Gasteiger partial charge in [-0.2, -0.15) is 0 Å². The molecule has 2 fully saturated rings. The molecular formula is C31H34N6O5S. The number of hydrogen-bond donors (Lipinski definition) is 3. The van der Waals surface area contributed by atoms with Crippen LogP contribution in [-0.2, 0) is 10.0 Å². The highest BCUT2D eigenvalue weighted by Crippen LogP contribution is 2.39. The normalized spacial score (nSPS) is 17.6. The lowest BCUT2D eigenvalue weighted by Gasteiger charge is -2.31. The van der Waals surface area contributed by atoms with Crippen molar-refractivity contribution in [1.82, 2.24) is 19.9 Å². The minimum absolute atomic E-state index is 0.0941. The summed E-state index contributed by atoms with van der Waals surface area (Å²) in [6.07, 6.45) is 7.15. The van der Waals surface area contributed by atoms with E-state index in [1.165, 1.54) is 4.90 Å². The van der Waals surface area contributed by atoms with Crippen molar-refractivity contribution in [2.45, 2.75) is 56.7 Å². The summed E-state index contributed by atoms with van der Waals surface area (Å²) >= 11 is 0. The van der Waals surface area contributed by atoms with Crippen molar-refractivity contribution in [3.63, 3.8) is 0 Å². The zero-order valence-electron chi connectivity index (χ0n) is 23.9. The summed E-state index contributed by atoms with van der Waals surface area (Å²) in [5.74, 6) is 1.31. The van der Waals surface area contributed by atoms with Crippen LogP contribution in [0, 0.1) is 6.92 Å². The van der Waals surface area contributed by atoms with Crippen LogP contribution in [-0.4, -0.2) is 63.9 Å². The zero-order valence-corrected chi connectivity index (χ0v) is 24.7. The van der Waals surface area contributed by atoms with Gasteiger partial charge in [0.1, 0.15) is 5.75 Å². The second-order valence-electron chi connectivity index (χ2n) is 11.1. The number of sulfonamides is 1. The van der Waals surface area contributed by atoms with Gasteiger partial charge in [0.25, 0.3) is 0 Å². The lowest BCUT2D eigenvalue weighted by molar-refractivity contribution is 0.132. The van der Waals surface area contributed by atoms with Crippen LogP contribution in [0.15, 0.2) is 60.9 Å². The Morgan fingerprint density at radius 1 is 0.977 bits per heavy atom. The first-order valence-electron chi connectivity index (χ1n) is 14.5. The van der Waals surface area contributed by atoms with E-state index in [1.54, 1.807) is 30.6 Å². The maximum Gasteiger partial charge on any atom is 0.407 e. The molecule has 1 atom stereocenters. The molecule has 3 N–H and O–H groups in total. The summed E-state index contributed by atoms with van der Waals surface area (Å²) in [5, 5.41) is 13.8. The van der Waals surface area contributed by atoms with Crippen LogP contribution in [0.25, 0.3) is 22.0 Å². The Kier molecular flexibility index (Phi) is 8.02. The minimum atomic E-state index is -3.51. The molecule has 0 unspecified atom stereocenters. The molecule has 1 aliphatic heterocycles. The number of fused-ring (bicyclic) bond motifs is 1. The van der Waals surface area contributed by atoms with Crippen molar-refractivity contribution in [2.75, 3.05) is 23.1 Å². The van der Waals surface area contributed by atoms with Crippen molar-refractivity contribution >= 4 is 38.5 Å². The largest absolute Gasteiger partial charge is 0.465 e. The fraction of sp³-hybridized carbons (Fsp3) is 0.355. The van der Waals surface area contributed by atoms with Crippen LogP contribution in [0.5, 0.6) is 11.6 Å². The highest BCUT2D eigenvalue weighted by atomic mass is 32.2. The number of nitrogens with one attached hydrogen (secondary N) is 2. The van der Waals surface area contributed by atoms with Crippen molar-refractivity contribution in [3.05, 3.63) is 66.5 Å². The quantitative estimate of drug-likeness (QED) is 0.220. The van der Waals surface area contributed by atoms with Crippen LogP contribution in [0.2, 0.25) is 0 Å². The summed E-state index contributed by atoms with van der Waals surface area (Å²) in [4.78, 5) is 26.4. The Morgan fingerprint density at radius 2 is 1.81 bits per heavy atom. The average Bonchev–Trinajstić information content (AvgIpc) is 3.56. The predicted octanol–water partition coefficient (Wildman–Crippen LogP) is 6.03. The van der Waals surface area contributed by atoms with Crippen LogP contribution < -0.4 is 14.8 Å². The van der Waals surface area contributed by atoms with Gasteiger partial charge in [0.05, 0.1) is 22.2 Å². The van der Waals surface area contributed by atoms with Gasteiger partial charge in [-0.15, -0.1) is 0 Å². The van der Waals surface area contributed by atoms with Crippen molar-refractivity contribution in [2.24, 2.45) is 0 Å². The van der Waals surface area contributed by atoms with Crippen LogP contribution >= 0.6 is 0 Å². The van der Waals surface area contributed by atoms with Gasteiger partial charge >= 0.3 is 6.09 Å². The topological polar surface area (TPSA) is 147 Å². The average molecular weight is 603 g/mol. The van der Waals surface area contributed by atoms with E-state index in [2.05, 4.69) is 20.0 Å². The van der Waals surface area contributed by atoms with E-state index < -0.39 is 16.1 Å². The van der Waals surface area contributed by atoms with E-state index in [4.69, 9.17) is 9.72 Å². The summed E-state index contributed by atoms with van der Waals surface area (Å²) in [6.45, 7) is 2.82. The second kappa shape index (κ2) is 12.0. The Balaban J connectivity index is 1.29. The lowest BCUT2D eigenvalue weighted by atomic mass is 10.0. The summed E-state index contributed by atoms with van der Waals surface area (Å²) in [7, 11) is -3.51. The van der Waals surface area contributed by atoms with E-state index in [0.29, 0.717) is 60.5 Å². The molecule has 11 nitrogen and oxygen atoms in total. The van der Waals surface area contributed by atoms with E-state index >= 15 is 0 Å². The first kappa shape index (κ1) is 28.7. The highest BCUT2D eigenvalue weighted by Gasteiger charge is 2.29. The third-order valence-corrected chi connectivity index (χ3v) is 9.98. The molecule has 1 aliphatic carbocycles. The summed E-state index contributed by atoms with van der Waals surface area (Å²) < 4.78 is 35.5. The van der Waals surface area contributed by atoms with E-state index in [1.807, 2.05) is 37.3 Å². The first-order valence-corrected chi connectivity index (χ1v) is 16.1. The molecule has 1 amide bonds. The zero-order chi connectivity index (χ0) is 30.0. The third-order valence-electron chi connectivity index (χ3n) is 8.13. The van der Waals surface area contributed by atoms with Crippen LogP contribution in [0.1, 0.15) is 44.1 Å². The number of rotatable bonds is 8. The van der Waals surface area contributed by atoms with Crippen molar-refractivity contribution < 1.29 is 23.1 Å². The lowest BCUT2D eigenvalue weighted by Crippen LogP contribution is -2.44. The Morgan fingerprint density at radius 3 is 2.63 bits per heavy atom. The number of piperidine rings is 1. The number of likely N-dealkylation sites (tertiary alicyclic amines) is 1. The van der Waals surface area contributed by atoms with Gasteiger partial charge in [-0.1, -0.05) is 37.1 Å². The first-order chi connectivity index (χ1) is 20.8.